The van der Waals surface area contributed by atoms with Crippen molar-refractivity contribution in [2.45, 2.75) is 26.4 Å². The predicted molar refractivity (Wildman–Crippen MR) is 93.5 cm³/mol. The third-order valence-electron chi connectivity index (χ3n) is 3.39. The molecule has 0 saturated heterocycles. The summed E-state index contributed by atoms with van der Waals surface area (Å²) in [5.74, 6) is -0.948. The van der Waals surface area contributed by atoms with Crippen LogP contribution in [0.2, 0.25) is 0 Å². The number of carbonyl (C=O) groups excluding carboxylic acids is 1. The Labute approximate surface area is 141 Å². The number of amides is 1. The maximum Gasteiger partial charge on any atom is 0.414 e. The number of nitrogens with zero attached hydrogens (tertiary/aromatic N) is 1. The van der Waals surface area contributed by atoms with Gasteiger partial charge in [0.15, 0.2) is 0 Å². The molecule has 2 aromatic carbocycles. The molecule has 0 aliphatic carbocycles. The molecule has 0 spiro atoms. The molecule has 0 saturated carbocycles. The number of anilines is 1. The van der Waals surface area contributed by atoms with Gasteiger partial charge < -0.3 is 9.84 Å². The molecule has 0 bridgehead atoms. The summed E-state index contributed by atoms with van der Waals surface area (Å²) in [5.41, 5.74) is 2.27. The van der Waals surface area contributed by atoms with Crippen LogP contribution < -0.4 is 4.90 Å². The molecule has 0 aliphatic heterocycles. The van der Waals surface area contributed by atoms with Crippen molar-refractivity contribution in [3.05, 3.63) is 54.1 Å². The van der Waals surface area contributed by atoms with Gasteiger partial charge in [-0.15, -0.1) is 0 Å². The highest BCUT2D eigenvalue weighted by molar-refractivity contribution is 5.89. The van der Waals surface area contributed by atoms with Crippen LogP contribution in [0.1, 0.15) is 31.1 Å². The van der Waals surface area contributed by atoms with Crippen molar-refractivity contribution in [2.24, 2.45) is 0 Å². The van der Waals surface area contributed by atoms with Crippen LogP contribution in [0.4, 0.5) is 10.5 Å². The topological polar surface area (TPSA) is 66.8 Å². The monoisotopic (exact) mass is 327 g/mol. The normalized spacial score (nSPS) is 11.0. The van der Waals surface area contributed by atoms with Crippen molar-refractivity contribution in [3.8, 4) is 11.1 Å². The van der Waals surface area contributed by atoms with E-state index in [0.717, 1.165) is 16.8 Å². The smallest absolute Gasteiger partial charge is 0.414 e. The van der Waals surface area contributed by atoms with Crippen molar-refractivity contribution in [2.75, 3.05) is 11.9 Å². The van der Waals surface area contributed by atoms with Gasteiger partial charge >= 0.3 is 12.1 Å². The molecule has 0 aliphatic rings. The summed E-state index contributed by atoms with van der Waals surface area (Å²) in [6.07, 6.45) is -0.416. The van der Waals surface area contributed by atoms with Gasteiger partial charge in [-0.25, -0.2) is 9.59 Å². The molecule has 0 unspecified atom stereocenters. The third kappa shape index (κ3) is 4.35. The molecule has 5 heteroatoms. The number of rotatable bonds is 3. The molecular formula is C19H21NO4. The molecule has 2 rings (SSSR count). The van der Waals surface area contributed by atoms with E-state index in [9.17, 15) is 9.59 Å². The molecule has 126 valence electrons. The summed E-state index contributed by atoms with van der Waals surface area (Å²) >= 11 is 0. The van der Waals surface area contributed by atoms with Gasteiger partial charge in [-0.05, 0) is 56.2 Å². The maximum atomic E-state index is 12.1. The Balaban J connectivity index is 2.15. The molecular weight excluding hydrogens is 306 g/mol. The summed E-state index contributed by atoms with van der Waals surface area (Å²) in [7, 11) is 1.66. The summed E-state index contributed by atoms with van der Waals surface area (Å²) in [5, 5.41) is 8.93. The first-order valence-electron chi connectivity index (χ1n) is 7.58. The molecule has 0 fully saturated rings. The fraction of sp³-hybridized carbons (Fsp3) is 0.263. The van der Waals surface area contributed by atoms with E-state index in [4.69, 9.17) is 9.84 Å². The van der Waals surface area contributed by atoms with Gasteiger partial charge in [0.25, 0.3) is 0 Å². The number of carboxylic acid groups (broad SMARTS) is 1. The van der Waals surface area contributed by atoms with E-state index in [1.165, 1.54) is 4.90 Å². The van der Waals surface area contributed by atoms with Crippen LogP contribution in [-0.2, 0) is 4.74 Å². The SMILES string of the molecule is CN(C(=O)OC(C)(C)C)c1ccc(-c2ccc(C(=O)O)cc2)cc1. The Morgan fingerprint density at radius 3 is 1.79 bits per heavy atom. The van der Waals surface area contributed by atoms with Gasteiger partial charge in [0, 0.05) is 12.7 Å². The fourth-order valence-electron chi connectivity index (χ4n) is 2.12. The zero-order valence-corrected chi connectivity index (χ0v) is 14.2. The van der Waals surface area contributed by atoms with Crippen LogP contribution in [0.5, 0.6) is 0 Å². The van der Waals surface area contributed by atoms with E-state index >= 15 is 0 Å². The second-order valence-electron chi connectivity index (χ2n) is 6.47. The standard InChI is InChI=1S/C19H21NO4/c1-19(2,3)24-18(23)20(4)16-11-9-14(10-12-16)13-5-7-15(8-6-13)17(21)22/h5-12H,1-4H3,(H,21,22). The number of ether oxygens (including phenoxy) is 1. The lowest BCUT2D eigenvalue weighted by molar-refractivity contribution is 0.0588. The van der Waals surface area contributed by atoms with Gasteiger partial charge in [0.2, 0.25) is 0 Å². The summed E-state index contributed by atoms with van der Waals surface area (Å²) < 4.78 is 5.34. The third-order valence-corrected chi connectivity index (χ3v) is 3.39. The molecule has 0 aromatic heterocycles. The minimum Gasteiger partial charge on any atom is -0.478 e. The van der Waals surface area contributed by atoms with Gasteiger partial charge in [-0.2, -0.15) is 0 Å². The molecule has 0 radical (unpaired) electrons. The lowest BCUT2D eigenvalue weighted by Gasteiger charge is -2.24. The molecule has 0 heterocycles. The van der Waals surface area contributed by atoms with E-state index < -0.39 is 17.7 Å². The Hall–Kier alpha value is -2.82. The second-order valence-corrected chi connectivity index (χ2v) is 6.47. The zero-order valence-electron chi connectivity index (χ0n) is 14.2. The zero-order chi connectivity index (χ0) is 17.9. The average Bonchev–Trinajstić information content (AvgIpc) is 2.53. The van der Waals surface area contributed by atoms with Crippen LogP contribution in [0, 0.1) is 0 Å². The highest BCUT2D eigenvalue weighted by Crippen LogP contribution is 2.24. The van der Waals surface area contributed by atoms with Crippen LogP contribution in [0.15, 0.2) is 48.5 Å². The Kier molecular flexibility index (Phi) is 4.93. The van der Waals surface area contributed by atoms with E-state index in [1.54, 1.807) is 31.3 Å². The number of hydrogen-bond acceptors (Lipinski definition) is 3. The van der Waals surface area contributed by atoms with Gasteiger partial charge in [-0.1, -0.05) is 24.3 Å². The Bertz CT molecular complexity index is 727. The fourth-order valence-corrected chi connectivity index (χ4v) is 2.12. The first kappa shape index (κ1) is 17.5. The summed E-state index contributed by atoms with van der Waals surface area (Å²) in [6.45, 7) is 5.47. The summed E-state index contributed by atoms with van der Waals surface area (Å²) in [6, 6.07) is 14.1. The molecule has 2 aromatic rings. The first-order valence-corrected chi connectivity index (χ1v) is 7.58. The van der Waals surface area contributed by atoms with E-state index in [2.05, 4.69) is 0 Å². The van der Waals surface area contributed by atoms with Gasteiger partial charge in [-0.3, -0.25) is 4.90 Å². The Morgan fingerprint density at radius 1 is 0.917 bits per heavy atom. The van der Waals surface area contributed by atoms with Crippen LogP contribution in [0.25, 0.3) is 11.1 Å². The highest BCUT2D eigenvalue weighted by Gasteiger charge is 2.20. The first-order chi connectivity index (χ1) is 11.2. The van der Waals surface area contributed by atoms with E-state index in [0.29, 0.717) is 0 Å². The van der Waals surface area contributed by atoms with Crippen molar-refractivity contribution >= 4 is 17.7 Å². The second kappa shape index (κ2) is 6.74. The van der Waals surface area contributed by atoms with Crippen LogP contribution >= 0.6 is 0 Å². The largest absolute Gasteiger partial charge is 0.478 e. The minimum atomic E-state index is -0.948. The van der Waals surface area contributed by atoms with Crippen molar-refractivity contribution < 1.29 is 19.4 Å². The molecule has 1 amide bonds. The molecule has 1 N–H and O–H groups in total. The molecule has 5 nitrogen and oxygen atoms in total. The number of benzene rings is 2. The van der Waals surface area contributed by atoms with Crippen molar-refractivity contribution in [3.63, 3.8) is 0 Å². The van der Waals surface area contributed by atoms with Crippen molar-refractivity contribution in [1.82, 2.24) is 0 Å². The number of carbonyl (C=O) groups is 2. The maximum absolute atomic E-state index is 12.1. The summed E-state index contributed by atoms with van der Waals surface area (Å²) in [4.78, 5) is 24.4. The van der Waals surface area contributed by atoms with Gasteiger partial charge in [0.1, 0.15) is 5.60 Å². The van der Waals surface area contributed by atoms with Gasteiger partial charge in [0.05, 0.1) is 5.56 Å². The quantitative estimate of drug-likeness (QED) is 0.906. The number of carboxylic acids is 1. The molecule has 0 atom stereocenters. The van der Waals surface area contributed by atoms with E-state index in [1.807, 2.05) is 45.0 Å². The molecule has 24 heavy (non-hydrogen) atoms. The Morgan fingerprint density at radius 2 is 1.38 bits per heavy atom. The predicted octanol–water partition coefficient (Wildman–Crippen LogP) is 4.42. The van der Waals surface area contributed by atoms with Crippen molar-refractivity contribution in [1.29, 1.82) is 0 Å². The van der Waals surface area contributed by atoms with Crippen LogP contribution in [-0.4, -0.2) is 29.8 Å². The average molecular weight is 327 g/mol. The number of hydrogen-bond donors (Lipinski definition) is 1. The lowest BCUT2D eigenvalue weighted by Crippen LogP contribution is -2.34. The highest BCUT2D eigenvalue weighted by atomic mass is 16.6. The van der Waals surface area contributed by atoms with E-state index in [-0.39, 0.29) is 5.56 Å². The van der Waals surface area contributed by atoms with Crippen LogP contribution in [0.3, 0.4) is 0 Å². The lowest BCUT2D eigenvalue weighted by atomic mass is 10.0. The minimum absolute atomic E-state index is 0.250. The number of aromatic carboxylic acids is 1.